The van der Waals surface area contributed by atoms with Crippen LogP contribution in [0, 0.1) is 0 Å². The molecule has 0 radical (unpaired) electrons. The number of nitrogens with zero attached hydrogens (tertiary/aromatic N) is 3. The number of carbonyl (C=O) groups is 1. The second-order valence-corrected chi connectivity index (χ2v) is 8.03. The highest BCUT2D eigenvalue weighted by Gasteiger charge is 2.35. The molecule has 27 heavy (non-hydrogen) atoms. The largest absolute Gasteiger partial charge is 0.339 e. The van der Waals surface area contributed by atoms with Crippen LogP contribution in [-0.2, 0) is 4.79 Å². The molecule has 1 aromatic heterocycles. The smallest absolute Gasteiger partial charge is 0.232 e. The van der Waals surface area contributed by atoms with Gasteiger partial charge in [0.2, 0.25) is 17.6 Å². The number of rotatable bonds is 4. The van der Waals surface area contributed by atoms with Crippen LogP contribution in [-0.4, -0.2) is 22.6 Å². The van der Waals surface area contributed by atoms with Crippen molar-refractivity contribution >= 4 is 27.5 Å². The molecule has 138 valence electrons. The van der Waals surface area contributed by atoms with Crippen LogP contribution in [0.3, 0.4) is 0 Å². The standard InChI is InChI=1S/C21H20BrN3O2/c1-13(2)15-4-3-5-18(10-15)25-12-16(11-19(25)26)21-23-20(24-27-21)14-6-8-17(22)9-7-14/h3-10,13,16H,11-12H2,1-2H3. The summed E-state index contributed by atoms with van der Waals surface area (Å²) in [5.74, 6) is 1.48. The van der Waals surface area contributed by atoms with E-state index in [9.17, 15) is 4.79 Å². The molecule has 0 saturated carbocycles. The molecule has 3 aromatic rings. The number of anilines is 1. The molecule has 1 aliphatic rings. The monoisotopic (exact) mass is 425 g/mol. The summed E-state index contributed by atoms with van der Waals surface area (Å²) in [6, 6.07) is 15.9. The Bertz CT molecular complexity index is 966. The Morgan fingerprint density at radius 1 is 1.19 bits per heavy atom. The van der Waals surface area contributed by atoms with Crippen LogP contribution in [0.15, 0.2) is 57.5 Å². The predicted octanol–water partition coefficient (Wildman–Crippen LogP) is 5.14. The van der Waals surface area contributed by atoms with Crippen LogP contribution in [0.2, 0.25) is 0 Å². The Morgan fingerprint density at radius 2 is 1.96 bits per heavy atom. The van der Waals surface area contributed by atoms with Gasteiger partial charge in [0.05, 0.1) is 5.92 Å². The highest BCUT2D eigenvalue weighted by Crippen LogP contribution is 2.33. The summed E-state index contributed by atoms with van der Waals surface area (Å²) in [7, 11) is 0. The number of amides is 1. The Kier molecular flexibility index (Phi) is 4.83. The lowest BCUT2D eigenvalue weighted by Gasteiger charge is -2.18. The molecule has 1 unspecified atom stereocenters. The van der Waals surface area contributed by atoms with Crippen LogP contribution in [0.5, 0.6) is 0 Å². The Labute approximate surface area is 166 Å². The van der Waals surface area contributed by atoms with Crippen LogP contribution < -0.4 is 4.90 Å². The molecule has 1 amide bonds. The molecule has 1 atom stereocenters. The fraction of sp³-hybridized carbons (Fsp3) is 0.286. The fourth-order valence-corrected chi connectivity index (χ4v) is 3.56. The molecule has 5 nitrogen and oxygen atoms in total. The second-order valence-electron chi connectivity index (χ2n) is 7.12. The van der Waals surface area contributed by atoms with E-state index in [1.807, 2.05) is 41.3 Å². The highest BCUT2D eigenvalue weighted by atomic mass is 79.9. The number of carbonyl (C=O) groups excluding carboxylic acids is 1. The van der Waals surface area contributed by atoms with Gasteiger partial charge >= 0.3 is 0 Å². The summed E-state index contributed by atoms with van der Waals surface area (Å²) in [4.78, 5) is 18.9. The van der Waals surface area contributed by atoms with Crippen molar-refractivity contribution in [3.63, 3.8) is 0 Å². The maximum Gasteiger partial charge on any atom is 0.232 e. The van der Waals surface area contributed by atoms with E-state index in [0.717, 1.165) is 15.7 Å². The zero-order chi connectivity index (χ0) is 19.0. The van der Waals surface area contributed by atoms with Gasteiger partial charge in [-0.1, -0.05) is 47.1 Å². The molecule has 0 bridgehead atoms. The van der Waals surface area contributed by atoms with E-state index >= 15 is 0 Å². The molecular weight excluding hydrogens is 406 g/mol. The fourth-order valence-electron chi connectivity index (χ4n) is 3.29. The quantitative estimate of drug-likeness (QED) is 0.580. The van der Waals surface area contributed by atoms with Crippen LogP contribution in [0.25, 0.3) is 11.4 Å². The summed E-state index contributed by atoms with van der Waals surface area (Å²) in [5, 5.41) is 4.09. The van der Waals surface area contributed by atoms with Crippen molar-refractivity contribution in [1.29, 1.82) is 0 Å². The lowest BCUT2D eigenvalue weighted by Crippen LogP contribution is -2.24. The molecule has 2 aromatic carbocycles. The van der Waals surface area contributed by atoms with Gasteiger partial charge in [0.1, 0.15) is 0 Å². The summed E-state index contributed by atoms with van der Waals surface area (Å²) in [5.41, 5.74) is 3.04. The van der Waals surface area contributed by atoms with Crippen molar-refractivity contribution in [2.45, 2.75) is 32.1 Å². The third-order valence-electron chi connectivity index (χ3n) is 4.87. The summed E-state index contributed by atoms with van der Waals surface area (Å²) in [6.45, 7) is 4.86. The first-order valence-corrected chi connectivity index (χ1v) is 9.80. The molecule has 1 aliphatic heterocycles. The van der Waals surface area contributed by atoms with Gasteiger partial charge in [-0.25, -0.2) is 0 Å². The Morgan fingerprint density at radius 3 is 2.70 bits per heavy atom. The minimum atomic E-state index is -0.0862. The average Bonchev–Trinajstić information content (AvgIpc) is 3.29. The lowest BCUT2D eigenvalue weighted by atomic mass is 10.0. The topological polar surface area (TPSA) is 59.2 Å². The minimum absolute atomic E-state index is 0.0862. The van der Waals surface area contributed by atoms with E-state index in [1.165, 1.54) is 5.56 Å². The molecule has 0 spiro atoms. The van der Waals surface area contributed by atoms with Gasteiger partial charge in [0.15, 0.2) is 0 Å². The molecule has 6 heteroatoms. The van der Waals surface area contributed by atoms with Gasteiger partial charge in [-0.3, -0.25) is 4.79 Å². The van der Waals surface area contributed by atoms with Gasteiger partial charge in [-0.2, -0.15) is 4.98 Å². The molecule has 1 saturated heterocycles. The maximum absolute atomic E-state index is 12.6. The number of aromatic nitrogens is 2. The molecule has 4 rings (SSSR count). The number of benzene rings is 2. The van der Waals surface area contributed by atoms with E-state index in [1.54, 1.807) is 0 Å². The first kappa shape index (κ1) is 17.9. The van der Waals surface area contributed by atoms with E-state index < -0.39 is 0 Å². The third kappa shape index (κ3) is 3.67. The molecule has 2 heterocycles. The van der Waals surface area contributed by atoms with Gasteiger partial charge in [0, 0.05) is 28.7 Å². The van der Waals surface area contributed by atoms with E-state index in [2.05, 4.69) is 52.1 Å². The molecule has 0 N–H and O–H groups in total. The summed E-state index contributed by atoms with van der Waals surface area (Å²) >= 11 is 3.42. The average molecular weight is 426 g/mol. The summed E-state index contributed by atoms with van der Waals surface area (Å²) in [6.07, 6.45) is 0.383. The molecule has 1 fully saturated rings. The minimum Gasteiger partial charge on any atom is -0.339 e. The van der Waals surface area contributed by atoms with Crippen molar-refractivity contribution in [2.75, 3.05) is 11.4 Å². The molecule has 0 aliphatic carbocycles. The predicted molar refractivity (Wildman–Crippen MR) is 108 cm³/mol. The van der Waals surface area contributed by atoms with Gasteiger partial charge in [0.25, 0.3) is 0 Å². The van der Waals surface area contributed by atoms with Crippen molar-refractivity contribution in [3.8, 4) is 11.4 Å². The molecular formula is C21H20BrN3O2. The van der Waals surface area contributed by atoms with E-state index in [4.69, 9.17) is 4.52 Å². The lowest BCUT2D eigenvalue weighted by molar-refractivity contribution is -0.117. The third-order valence-corrected chi connectivity index (χ3v) is 5.40. The first-order chi connectivity index (χ1) is 13.0. The highest BCUT2D eigenvalue weighted by molar-refractivity contribution is 9.10. The van der Waals surface area contributed by atoms with Crippen LogP contribution >= 0.6 is 15.9 Å². The van der Waals surface area contributed by atoms with Crippen molar-refractivity contribution in [3.05, 3.63) is 64.5 Å². The second kappa shape index (κ2) is 7.27. The van der Waals surface area contributed by atoms with E-state index in [0.29, 0.717) is 30.6 Å². The van der Waals surface area contributed by atoms with Gasteiger partial charge in [-0.15, -0.1) is 0 Å². The van der Waals surface area contributed by atoms with Crippen molar-refractivity contribution in [2.24, 2.45) is 0 Å². The Hall–Kier alpha value is -2.47. The summed E-state index contributed by atoms with van der Waals surface area (Å²) < 4.78 is 6.47. The SMILES string of the molecule is CC(C)c1cccc(N2CC(c3nc(-c4ccc(Br)cc4)no3)CC2=O)c1. The Balaban J connectivity index is 1.54. The van der Waals surface area contributed by atoms with Crippen LogP contribution in [0.1, 0.15) is 43.6 Å². The van der Waals surface area contributed by atoms with Crippen LogP contribution in [0.4, 0.5) is 5.69 Å². The van der Waals surface area contributed by atoms with Gasteiger partial charge in [-0.05, 0) is 47.9 Å². The number of hydrogen-bond donors (Lipinski definition) is 0. The number of hydrogen-bond acceptors (Lipinski definition) is 4. The zero-order valence-electron chi connectivity index (χ0n) is 15.2. The normalized spacial score (nSPS) is 17.1. The zero-order valence-corrected chi connectivity index (χ0v) is 16.8. The van der Waals surface area contributed by atoms with Gasteiger partial charge < -0.3 is 9.42 Å². The first-order valence-electron chi connectivity index (χ1n) is 9.01. The van der Waals surface area contributed by atoms with Crippen molar-refractivity contribution < 1.29 is 9.32 Å². The van der Waals surface area contributed by atoms with Crippen molar-refractivity contribution in [1.82, 2.24) is 10.1 Å². The van der Waals surface area contributed by atoms with E-state index in [-0.39, 0.29) is 11.8 Å². The maximum atomic E-state index is 12.6. The number of halogens is 1.